The second-order valence-electron chi connectivity index (χ2n) is 3.31. The van der Waals surface area contributed by atoms with Gasteiger partial charge in [0.1, 0.15) is 0 Å². The lowest BCUT2D eigenvalue weighted by atomic mass is 9.99. The molecule has 1 saturated carbocycles. The van der Waals surface area contributed by atoms with Crippen molar-refractivity contribution in [3.63, 3.8) is 0 Å². The minimum absolute atomic E-state index is 0.682. The maximum atomic E-state index is 7.36. The van der Waals surface area contributed by atoms with Gasteiger partial charge in [0.15, 0.2) is 0 Å². The molecule has 0 radical (unpaired) electrons. The molecule has 2 N–H and O–H groups in total. The SMILES string of the molecule is CC1CC(=N)NC2CC12. The molecule has 1 aliphatic carbocycles. The molecule has 2 aliphatic rings. The average Bonchev–Trinajstić information content (AvgIpc) is 2.43. The lowest BCUT2D eigenvalue weighted by molar-refractivity contribution is 0.473. The Balaban J connectivity index is 2.07. The van der Waals surface area contributed by atoms with Crippen LogP contribution in [0.1, 0.15) is 19.8 Å². The van der Waals surface area contributed by atoms with Gasteiger partial charge in [-0.15, -0.1) is 0 Å². The van der Waals surface area contributed by atoms with E-state index in [0.717, 1.165) is 24.1 Å². The van der Waals surface area contributed by atoms with E-state index in [1.807, 2.05) is 0 Å². The predicted octanol–water partition coefficient (Wildman–Crippen LogP) is 0.982. The minimum atomic E-state index is 0.682. The van der Waals surface area contributed by atoms with Crippen LogP contribution in [0.15, 0.2) is 0 Å². The van der Waals surface area contributed by atoms with E-state index < -0.39 is 0 Å². The highest BCUT2D eigenvalue weighted by molar-refractivity contribution is 5.81. The number of hydrogen-bond acceptors (Lipinski definition) is 1. The van der Waals surface area contributed by atoms with E-state index >= 15 is 0 Å². The summed E-state index contributed by atoms with van der Waals surface area (Å²) in [6.07, 6.45) is 2.28. The van der Waals surface area contributed by atoms with E-state index in [1.54, 1.807) is 0 Å². The third-order valence-electron chi connectivity index (χ3n) is 2.46. The van der Waals surface area contributed by atoms with Crippen molar-refractivity contribution in [3.8, 4) is 0 Å². The number of amidine groups is 1. The van der Waals surface area contributed by atoms with Gasteiger partial charge in [-0.2, -0.15) is 0 Å². The van der Waals surface area contributed by atoms with Crippen molar-refractivity contribution in [2.75, 3.05) is 0 Å². The van der Waals surface area contributed by atoms with Crippen molar-refractivity contribution in [1.29, 1.82) is 5.41 Å². The molecule has 3 unspecified atom stereocenters. The van der Waals surface area contributed by atoms with E-state index in [2.05, 4.69) is 12.2 Å². The Morgan fingerprint density at radius 2 is 2.44 bits per heavy atom. The Labute approximate surface area is 55.2 Å². The highest BCUT2D eigenvalue weighted by atomic mass is 15.0. The van der Waals surface area contributed by atoms with E-state index in [9.17, 15) is 0 Å². The first-order valence-corrected chi connectivity index (χ1v) is 3.61. The molecule has 0 bridgehead atoms. The smallest absolute Gasteiger partial charge is 0.0936 e. The van der Waals surface area contributed by atoms with Crippen molar-refractivity contribution in [1.82, 2.24) is 5.32 Å². The highest BCUT2D eigenvalue weighted by Gasteiger charge is 2.44. The fourth-order valence-corrected chi connectivity index (χ4v) is 1.77. The molecule has 1 saturated heterocycles. The largest absolute Gasteiger partial charge is 0.371 e. The van der Waals surface area contributed by atoms with Crippen LogP contribution >= 0.6 is 0 Å². The number of fused-ring (bicyclic) bond motifs is 1. The molecule has 0 amide bonds. The van der Waals surface area contributed by atoms with E-state index in [0.29, 0.717) is 6.04 Å². The van der Waals surface area contributed by atoms with Gasteiger partial charge in [0.2, 0.25) is 0 Å². The zero-order chi connectivity index (χ0) is 6.43. The normalized spacial score (nSPS) is 47.7. The first-order chi connectivity index (χ1) is 4.27. The lowest BCUT2D eigenvalue weighted by Crippen LogP contribution is -2.33. The Morgan fingerprint density at radius 3 is 3.11 bits per heavy atom. The molecule has 2 heteroatoms. The Hall–Kier alpha value is -0.530. The molecule has 1 aliphatic heterocycles. The van der Waals surface area contributed by atoms with Crippen LogP contribution in [0.5, 0.6) is 0 Å². The van der Waals surface area contributed by atoms with Crippen LogP contribution in [0.2, 0.25) is 0 Å². The lowest BCUT2D eigenvalue weighted by Gasteiger charge is -2.18. The molecule has 50 valence electrons. The Kier molecular flexibility index (Phi) is 0.875. The summed E-state index contributed by atoms with van der Waals surface area (Å²) in [4.78, 5) is 0. The molecule has 1 heterocycles. The molecular formula is C7H12N2. The van der Waals surface area contributed by atoms with Crippen LogP contribution in [-0.4, -0.2) is 11.9 Å². The zero-order valence-electron chi connectivity index (χ0n) is 5.65. The summed E-state index contributed by atoms with van der Waals surface area (Å²) in [5.74, 6) is 2.42. The summed E-state index contributed by atoms with van der Waals surface area (Å²) in [5.41, 5.74) is 0. The standard InChI is InChI=1S/C7H12N2/c1-4-2-7(8)9-6-3-5(4)6/h4-6H,2-3H2,1H3,(H2,8,9). The summed E-state index contributed by atoms with van der Waals surface area (Å²) < 4.78 is 0. The average molecular weight is 124 g/mol. The quantitative estimate of drug-likeness (QED) is 0.496. The van der Waals surface area contributed by atoms with Gasteiger partial charge in [-0.25, -0.2) is 0 Å². The van der Waals surface area contributed by atoms with Gasteiger partial charge >= 0.3 is 0 Å². The first kappa shape index (κ1) is 5.27. The van der Waals surface area contributed by atoms with Gasteiger partial charge in [0.25, 0.3) is 0 Å². The second kappa shape index (κ2) is 1.49. The molecule has 2 fully saturated rings. The molecule has 3 atom stereocenters. The van der Waals surface area contributed by atoms with Gasteiger partial charge < -0.3 is 5.32 Å². The number of rotatable bonds is 0. The van der Waals surface area contributed by atoms with Crippen LogP contribution < -0.4 is 5.32 Å². The third kappa shape index (κ3) is 0.732. The van der Waals surface area contributed by atoms with Crippen molar-refractivity contribution >= 4 is 5.84 Å². The maximum absolute atomic E-state index is 7.36. The fourth-order valence-electron chi connectivity index (χ4n) is 1.77. The van der Waals surface area contributed by atoms with Crippen molar-refractivity contribution in [2.24, 2.45) is 11.8 Å². The summed E-state index contributed by atoms with van der Waals surface area (Å²) in [6, 6.07) is 0.682. The van der Waals surface area contributed by atoms with Crippen molar-refractivity contribution in [3.05, 3.63) is 0 Å². The molecule has 2 nitrogen and oxygen atoms in total. The number of hydrogen-bond donors (Lipinski definition) is 2. The van der Waals surface area contributed by atoms with Crippen molar-refractivity contribution < 1.29 is 0 Å². The van der Waals surface area contributed by atoms with Gasteiger partial charge in [0, 0.05) is 12.5 Å². The van der Waals surface area contributed by atoms with Crippen LogP contribution in [0.4, 0.5) is 0 Å². The van der Waals surface area contributed by atoms with Crippen LogP contribution in [0, 0.1) is 17.2 Å². The molecular weight excluding hydrogens is 112 g/mol. The van der Waals surface area contributed by atoms with Gasteiger partial charge in [-0.05, 0) is 18.3 Å². The topological polar surface area (TPSA) is 35.9 Å². The number of nitrogens with one attached hydrogen (secondary N) is 2. The van der Waals surface area contributed by atoms with E-state index in [-0.39, 0.29) is 0 Å². The first-order valence-electron chi connectivity index (χ1n) is 3.61. The number of piperidine rings is 1. The van der Waals surface area contributed by atoms with Crippen LogP contribution in [-0.2, 0) is 0 Å². The van der Waals surface area contributed by atoms with E-state index in [4.69, 9.17) is 5.41 Å². The van der Waals surface area contributed by atoms with Gasteiger partial charge in [-0.3, -0.25) is 5.41 Å². The summed E-state index contributed by atoms with van der Waals surface area (Å²) in [6.45, 7) is 2.25. The van der Waals surface area contributed by atoms with Crippen molar-refractivity contribution in [2.45, 2.75) is 25.8 Å². The fraction of sp³-hybridized carbons (Fsp3) is 0.857. The third-order valence-corrected chi connectivity index (χ3v) is 2.46. The molecule has 0 aromatic rings. The summed E-state index contributed by atoms with van der Waals surface area (Å²) in [5, 5.41) is 10.5. The summed E-state index contributed by atoms with van der Waals surface area (Å²) in [7, 11) is 0. The summed E-state index contributed by atoms with van der Waals surface area (Å²) >= 11 is 0. The zero-order valence-corrected chi connectivity index (χ0v) is 5.65. The molecule has 0 aromatic carbocycles. The molecule has 0 aromatic heterocycles. The van der Waals surface area contributed by atoms with E-state index in [1.165, 1.54) is 6.42 Å². The predicted molar refractivity (Wildman–Crippen MR) is 36.5 cm³/mol. The molecule has 0 spiro atoms. The molecule has 9 heavy (non-hydrogen) atoms. The monoisotopic (exact) mass is 124 g/mol. The maximum Gasteiger partial charge on any atom is 0.0936 e. The van der Waals surface area contributed by atoms with Crippen LogP contribution in [0.3, 0.4) is 0 Å². The van der Waals surface area contributed by atoms with Gasteiger partial charge in [-0.1, -0.05) is 6.92 Å². The van der Waals surface area contributed by atoms with Crippen LogP contribution in [0.25, 0.3) is 0 Å². The Morgan fingerprint density at radius 1 is 1.67 bits per heavy atom. The highest BCUT2D eigenvalue weighted by Crippen LogP contribution is 2.41. The second-order valence-corrected chi connectivity index (χ2v) is 3.31. The minimum Gasteiger partial charge on any atom is -0.371 e. The van der Waals surface area contributed by atoms with Gasteiger partial charge in [0.05, 0.1) is 5.84 Å². The molecule has 2 rings (SSSR count). The Bertz CT molecular complexity index is 153.